The van der Waals surface area contributed by atoms with E-state index in [1.54, 1.807) is 12.1 Å². The molecule has 0 radical (unpaired) electrons. The van der Waals surface area contributed by atoms with Crippen molar-refractivity contribution >= 4 is 46.7 Å². The highest BCUT2D eigenvalue weighted by atomic mass is 35.5. The van der Waals surface area contributed by atoms with Crippen LogP contribution in [0.1, 0.15) is 18.4 Å². The zero-order valence-electron chi connectivity index (χ0n) is 14.2. The van der Waals surface area contributed by atoms with Crippen molar-refractivity contribution in [2.75, 3.05) is 16.4 Å². The van der Waals surface area contributed by atoms with Gasteiger partial charge in [-0.15, -0.1) is 10.2 Å². The highest BCUT2D eigenvalue weighted by Crippen LogP contribution is 2.34. The second-order valence-corrected chi connectivity index (χ2v) is 7.45. The molecular formula is C17H14ClF3N4O2S. The number of rotatable bonds is 6. The van der Waals surface area contributed by atoms with Crippen molar-refractivity contribution in [2.24, 2.45) is 5.92 Å². The molecule has 2 aromatic rings. The van der Waals surface area contributed by atoms with Crippen LogP contribution in [-0.2, 0) is 15.8 Å². The molecule has 1 aliphatic carbocycles. The van der Waals surface area contributed by atoms with E-state index < -0.39 is 17.6 Å². The van der Waals surface area contributed by atoms with Gasteiger partial charge in [-0.2, -0.15) is 13.2 Å². The number of aromatic nitrogens is 2. The van der Waals surface area contributed by atoms with Gasteiger partial charge in [-0.1, -0.05) is 23.4 Å². The van der Waals surface area contributed by atoms with Gasteiger partial charge < -0.3 is 10.6 Å². The molecule has 0 bridgehead atoms. The largest absolute Gasteiger partial charge is 0.416 e. The molecular weight excluding hydrogens is 417 g/mol. The van der Waals surface area contributed by atoms with Gasteiger partial charge in [0, 0.05) is 5.92 Å². The molecule has 3 rings (SSSR count). The fourth-order valence-electron chi connectivity index (χ4n) is 2.16. The number of anilines is 2. The van der Waals surface area contributed by atoms with Gasteiger partial charge in [0.2, 0.25) is 11.8 Å². The Balaban J connectivity index is 1.53. The number of hydrogen-bond donors (Lipinski definition) is 2. The number of nitrogens with one attached hydrogen (secondary N) is 2. The molecule has 2 N–H and O–H groups in total. The van der Waals surface area contributed by atoms with Crippen LogP contribution in [0.3, 0.4) is 0 Å². The lowest BCUT2D eigenvalue weighted by atomic mass is 10.2. The second kappa shape index (κ2) is 8.36. The van der Waals surface area contributed by atoms with Gasteiger partial charge in [0.05, 0.1) is 22.0 Å². The minimum atomic E-state index is -4.54. The van der Waals surface area contributed by atoms with Crippen molar-refractivity contribution in [3.05, 3.63) is 40.9 Å². The Labute approximate surface area is 167 Å². The summed E-state index contributed by atoms with van der Waals surface area (Å²) in [5, 5.41) is 13.2. The molecule has 1 fully saturated rings. The minimum absolute atomic E-state index is 0.00176. The number of benzene rings is 1. The lowest BCUT2D eigenvalue weighted by molar-refractivity contribution is -0.137. The highest BCUT2D eigenvalue weighted by molar-refractivity contribution is 7.99. The van der Waals surface area contributed by atoms with Crippen LogP contribution >= 0.6 is 23.4 Å². The fraction of sp³-hybridized carbons (Fsp3) is 0.294. The summed E-state index contributed by atoms with van der Waals surface area (Å²) in [5.74, 6) is -0.371. The molecule has 2 amide bonds. The summed E-state index contributed by atoms with van der Waals surface area (Å²) in [4.78, 5) is 23.7. The third kappa shape index (κ3) is 5.59. The SMILES string of the molecule is O=C(CSc1ccc(NC(=O)C2CC2)nn1)Nc1cc(C(F)(F)F)ccc1Cl. The van der Waals surface area contributed by atoms with E-state index in [0.29, 0.717) is 10.8 Å². The first-order valence-corrected chi connectivity index (χ1v) is 9.53. The molecule has 1 heterocycles. The number of alkyl halides is 3. The number of carbonyl (C=O) groups is 2. The smallest absolute Gasteiger partial charge is 0.324 e. The molecule has 1 aromatic carbocycles. The van der Waals surface area contributed by atoms with Crippen LogP contribution in [0.2, 0.25) is 5.02 Å². The molecule has 0 atom stereocenters. The van der Waals surface area contributed by atoms with Crippen LogP contribution < -0.4 is 10.6 Å². The first-order valence-electron chi connectivity index (χ1n) is 8.16. The Hall–Kier alpha value is -2.33. The molecule has 148 valence electrons. The first kappa shape index (κ1) is 20.4. The average molecular weight is 431 g/mol. The fourth-order valence-corrected chi connectivity index (χ4v) is 2.94. The molecule has 28 heavy (non-hydrogen) atoms. The van der Waals surface area contributed by atoms with Gasteiger partial charge in [0.25, 0.3) is 0 Å². The zero-order chi connectivity index (χ0) is 20.3. The number of hydrogen-bond acceptors (Lipinski definition) is 5. The Kier molecular flexibility index (Phi) is 6.09. The van der Waals surface area contributed by atoms with Crippen molar-refractivity contribution in [2.45, 2.75) is 24.0 Å². The minimum Gasteiger partial charge on any atom is -0.324 e. The number of nitrogens with zero attached hydrogens (tertiary/aromatic N) is 2. The summed E-state index contributed by atoms with van der Waals surface area (Å²) in [6.07, 6.45) is -2.79. The van der Waals surface area contributed by atoms with Crippen LogP contribution in [0.25, 0.3) is 0 Å². The van der Waals surface area contributed by atoms with Crippen molar-refractivity contribution in [1.29, 1.82) is 0 Å². The van der Waals surface area contributed by atoms with Crippen LogP contribution in [0, 0.1) is 5.92 Å². The Bertz CT molecular complexity index is 889. The van der Waals surface area contributed by atoms with Crippen molar-refractivity contribution in [3.8, 4) is 0 Å². The molecule has 11 heteroatoms. The second-order valence-electron chi connectivity index (χ2n) is 6.05. The molecule has 6 nitrogen and oxygen atoms in total. The summed E-state index contributed by atoms with van der Waals surface area (Å²) in [6.45, 7) is 0. The molecule has 1 aliphatic rings. The maximum atomic E-state index is 12.8. The van der Waals surface area contributed by atoms with E-state index in [9.17, 15) is 22.8 Å². The molecule has 0 unspecified atom stereocenters. The van der Waals surface area contributed by atoms with Crippen molar-refractivity contribution in [3.63, 3.8) is 0 Å². The van der Waals surface area contributed by atoms with E-state index in [1.165, 1.54) is 0 Å². The predicted molar refractivity (Wildman–Crippen MR) is 99.2 cm³/mol. The lowest BCUT2D eigenvalue weighted by Gasteiger charge is -2.11. The number of halogens is 4. The summed E-state index contributed by atoms with van der Waals surface area (Å²) >= 11 is 6.89. The van der Waals surface area contributed by atoms with Gasteiger partial charge >= 0.3 is 6.18 Å². The van der Waals surface area contributed by atoms with Crippen LogP contribution in [0.5, 0.6) is 0 Å². The third-order valence-corrected chi connectivity index (χ3v) is 5.01. The molecule has 1 aromatic heterocycles. The summed E-state index contributed by atoms with van der Waals surface area (Å²) in [7, 11) is 0. The van der Waals surface area contributed by atoms with Gasteiger partial charge in [0.1, 0.15) is 5.03 Å². The van der Waals surface area contributed by atoms with Crippen molar-refractivity contribution in [1.82, 2.24) is 10.2 Å². The van der Waals surface area contributed by atoms with Crippen molar-refractivity contribution < 1.29 is 22.8 Å². The number of thioether (sulfide) groups is 1. The number of amides is 2. The quantitative estimate of drug-likeness (QED) is 0.670. The van der Waals surface area contributed by atoms with E-state index in [0.717, 1.165) is 42.8 Å². The molecule has 0 spiro atoms. The Morgan fingerprint density at radius 2 is 1.89 bits per heavy atom. The first-order chi connectivity index (χ1) is 13.2. The maximum absolute atomic E-state index is 12.8. The summed E-state index contributed by atoms with van der Waals surface area (Å²) in [5.41, 5.74) is -1.03. The number of carbonyl (C=O) groups excluding carboxylic acids is 2. The van der Waals surface area contributed by atoms with Gasteiger partial charge in [-0.05, 0) is 43.2 Å². The van der Waals surface area contributed by atoms with E-state index in [2.05, 4.69) is 20.8 Å². The third-order valence-electron chi connectivity index (χ3n) is 3.76. The Morgan fingerprint density at radius 1 is 1.14 bits per heavy atom. The normalized spacial score (nSPS) is 13.9. The highest BCUT2D eigenvalue weighted by Gasteiger charge is 2.31. The predicted octanol–water partition coefficient (Wildman–Crippen LogP) is 4.23. The van der Waals surface area contributed by atoms with Crippen LogP contribution in [0.4, 0.5) is 24.7 Å². The molecule has 0 aliphatic heterocycles. The standard InChI is InChI=1S/C17H14ClF3N4O2S/c18-11-4-3-10(17(19,20)21)7-12(11)22-14(26)8-28-15-6-5-13(24-25-15)23-16(27)9-1-2-9/h3-7,9H,1-2,8H2,(H,22,26)(H,23,24,27). The monoisotopic (exact) mass is 430 g/mol. The zero-order valence-corrected chi connectivity index (χ0v) is 15.8. The molecule has 0 saturated heterocycles. The lowest BCUT2D eigenvalue weighted by Crippen LogP contribution is -2.16. The Morgan fingerprint density at radius 3 is 2.50 bits per heavy atom. The maximum Gasteiger partial charge on any atom is 0.416 e. The summed E-state index contributed by atoms with van der Waals surface area (Å²) in [6, 6.07) is 5.85. The average Bonchev–Trinajstić information content (AvgIpc) is 3.47. The van der Waals surface area contributed by atoms with E-state index in [-0.39, 0.29) is 28.3 Å². The van der Waals surface area contributed by atoms with E-state index in [4.69, 9.17) is 11.6 Å². The van der Waals surface area contributed by atoms with Gasteiger partial charge in [-0.25, -0.2) is 0 Å². The van der Waals surface area contributed by atoms with E-state index >= 15 is 0 Å². The van der Waals surface area contributed by atoms with Gasteiger partial charge in [0.15, 0.2) is 5.82 Å². The van der Waals surface area contributed by atoms with E-state index in [1.807, 2.05) is 0 Å². The topological polar surface area (TPSA) is 84.0 Å². The van der Waals surface area contributed by atoms with Crippen LogP contribution in [-0.4, -0.2) is 27.8 Å². The summed E-state index contributed by atoms with van der Waals surface area (Å²) < 4.78 is 38.3. The van der Waals surface area contributed by atoms with Crippen LogP contribution in [0.15, 0.2) is 35.4 Å². The molecule has 1 saturated carbocycles. The van der Waals surface area contributed by atoms with Gasteiger partial charge in [-0.3, -0.25) is 9.59 Å².